The van der Waals surface area contributed by atoms with E-state index in [-0.39, 0.29) is 11.5 Å². The van der Waals surface area contributed by atoms with E-state index in [2.05, 4.69) is 25.8 Å². The van der Waals surface area contributed by atoms with Crippen molar-refractivity contribution in [3.63, 3.8) is 0 Å². The monoisotopic (exact) mass is 178 g/mol. The molecule has 0 saturated carbocycles. The summed E-state index contributed by atoms with van der Waals surface area (Å²) in [5, 5.41) is 0. The predicted molar refractivity (Wildman–Crippen MR) is 55.2 cm³/mol. The molecule has 0 aliphatic heterocycles. The van der Waals surface area contributed by atoms with Gasteiger partial charge in [0.05, 0.1) is 0 Å². The smallest absolute Gasteiger partial charge is 0.0315 e. The van der Waals surface area contributed by atoms with Crippen molar-refractivity contribution < 1.29 is 0 Å². The van der Waals surface area contributed by atoms with Gasteiger partial charge in [0.15, 0.2) is 0 Å². The fraction of sp³-hybridized carbons (Fsp3) is 0.545. The van der Waals surface area contributed by atoms with E-state index in [0.717, 1.165) is 12.0 Å². The molecule has 1 rings (SSSR count). The molecule has 0 saturated heterocycles. The number of hydrogen-bond acceptors (Lipinski definition) is 2. The van der Waals surface area contributed by atoms with Gasteiger partial charge in [-0.2, -0.15) is 0 Å². The summed E-state index contributed by atoms with van der Waals surface area (Å²) in [6, 6.07) is 4.06. The van der Waals surface area contributed by atoms with Crippen LogP contribution in [0.5, 0.6) is 0 Å². The van der Waals surface area contributed by atoms with Gasteiger partial charge in [-0.15, -0.1) is 0 Å². The Morgan fingerprint density at radius 2 is 2.15 bits per heavy atom. The van der Waals surface area contributed by atoms with Crippen molar-refractivity contribution in [3.8, 4) is 0 Å². The molecule has 0 aliphatic carbocycles. The lowest BCUT2D eigenvalue weighted by atomic mass is 9.86. The van der Waals surface area contributed by atoms with Gasteiger partial charge in [-0.3, -0.25) is 4.98 Å². The van der Waals surface area contributed by atoms with Gasteiger partial charge in [-0.1, -0.05) is 26.8 Å². The van der Waals surface area contributed by atoms with Crippen molar-refractivity contribution in [1.29, 1.82) is 0 Å². The molecule has 13 heavy (non-hydrogen) atoms. The van der Waals surface area contributed by atoms with E-state index < -0.39 is 0 Å². The molecule has 1 atom stereocenters. The largest absolute Gasteiger partial charge is 0.324 e. The predicted octanol–water partition coefficient (Wildman–Crippen LogP) is 2.52. The van der Waals surface area contributed by atoms with Crippen LogP contribution in [0.25, 0.3) is 0 Å². The number of hydrogen-bond donors (Lipinski definition) is 1. The quantitative estimate of drug-likeness (QED) is 0.755. The summed E-state index contributed by atoms with van der Waals surface area (Å²) in [4.78, 5) is 4.06. The molecule has 0 fully saturated rings. The number of rotatable bonds is 2. The molecule has 0 unspecified atom stereocenters. The lowest BCUT2D eigenvalue weighted by molar-refractivity contribution is 0.342. The van der Waals surface area contributed by atoms with Crippen LogP contribution in [0.1, 0.15) is 38.8 Å². The number of pyridine rings is 1. The van der Waals surface area contributed by atoms with Gasteiger partial charge >= 0.3 is 0 Å². The maximum atomic E-state index is 6.04. The summed E-state index contributed by atoms with van der Waals surface area (Å²) in [6.07, 6.45) is 4.60. The normalized spacial score (nSPS) is 14.2. The highest BCUT2D eigenvalue weighted by Gasteiger charge is 2.16. The third-order valence-electron chi connectivity index (χ3n) is 1.94. The zero-order valence-corrected chi connectivity index (χ0v) is 8.62. The minimum atomic E-state index is 0.105. The van der Waals surface area contributed by atoms with Crippen LogP contribution < -0.4 is 5.73 Å². The highest BCUT2D eigenvalue weighted by Crippen LogP contribution is 2.26. The summed E-state index contributed by atoms with van der Waals surface area (Å²) in [7, 11) is 0. The molecule has 72 valence electrons. The minimum Gasteiger partial charge on any atom is -0.324 e. The van der Waals surface area contributed by atoms with E-state index in [1.54, 1.807) is 6.20 Å². The first-order valence-electron chi connectivity index (χ1n) is 4.64. The molecule has 0 aliphatic rings. The topological polar surface area (TPSA) is 38.9 Å². The Hall–Kier alpha value is -0.890. The summed E-state index contributed by atoms with van der Waals surface area (Å²) < 4.78 is 0. The first-order chi connectivity index (χ1) is 5.99. The van der Waals surface area contributed by atoms with E-state index in [9.17, 15) is 0 Å². The summed E-state index contributed by atoms with van der Waals surface area (Å²) in [5.41, 5.74) is 7.44. The van der Waals surface area contributed by atoms with Crippen LogP contribution in [-0.2, 0) is 0 Å². The van der Waals surface area contributed by atoms with Crippen LogP contribution in [0.3, 0.4) is 0 Å². The van der Waals surface area contributed by atoms with E-state index in [4.69, 9.17) is 5.73 Å². The van der Waals surface area contributed by atoms with Gasteiger partial charge in [-0.25, -0.2) is 0 Å². The van der Waals surface area contributed by atoms with Gasteiger partial charge < -0.3 is 5.73 Å². The molecule has 2 nitrogen and oxygen atoms in total. The van der Waals surface area contributed by atoms with Crippen molar-refractivity contribution in [2.24, 2.45) is 11.1 Å². The Labute approximate surface area is 80.2 Å². The second-order valence-electron chi connectivity index (χ2n) is 4.66. The Morgan fingerprint density at radius 1 is 1.46 bits per heavy atom. The molecule has 0 aromatic carbocycles. The molecule has 2 heteroatoms. The highest BCUT2D eigenvalue weighted by atomic mass is 14.7. The van der Waals surface area contributed by atoms with Crippen LogP contribution >= 0.6 is 0 Å². The number of nitrogens with zero attached hydrogens (tertiary/aromatic N) is 1. The zero-order chi connectivity index (χ0) is 9.90. The molecule has 0 amide bonds. The summed E-state index contributed by atoms with van der Waals surface area (Å²) in [5.74, 6) is 0. The van der Waals surface area contributed by atoms with Crippen LogP contribution in [0.15, 0.2) is 24.5 Å². The molecule has 2 N–H and O–H groups in total. The Morgan fingerprint density at radius 3 is 2.62 bits per heavy atom. The maximum absolute atomic E-state index is 6.04. The Bertz CT molecular complexity index is 249. The second-order valence-corrected chi connectivity index (χ2v) is 4.66. The molecule has 1 heterocycles. The SMILES string of the molecule is CC(C)(C)C[C@@H](N)c1cccnc1. The van der Waals surface area contributed by atoms with Crippen LogP contribution in [0, 0.1) is 5.41 Å². The molecule has 0 radical (unpaired) electrons. The molecule has 1 aromatic rings. The van der Waals surface area contributed by atoms with E-state index in [0.29, 0.717) is 0 Å². The zero-order valence-electron chi connectivity index (χ0n) is 8.62. The third-order valence-corrected chi connectivity index (χ3v) is 1.94. The lowest BCUT2D eigenvalue weighted by Gasteiger charge is -2.22. The average Bonchev–Trinajstić information content (AvgIpc) is 2.03. The summed E-state index contributed by atoms with van der Waals surface area (Å²) >= 11 is 0. The number of nitrogens with two attached hydrogens (primary N) is 1. The Kier molecular flexibility index (Phi) is 3.04. The minimum absolute atomic E-state index is 0.105. The van der Waals surface area contributed by atoms with Crippen molar-refractivity contribution in [2.45, 2.75) is 33.2 Å². The highest BCUT2D eigenvalue weighted by molar-refractivity contribution is 5.13. The van der Waals surface area contributed by atoms with Crippen molar-refractivity contribution in [1.82, 2.24) is 4.98 Å². The molecule has 0 bridgehead atoms. The number of aromatic nitrogens is 1. The molecular formula is C11H18N2. The molecule has 1 aromatic heterocycles. The van der Waals surface area contributed by atoms with Crippen molar-refractivity contribution >= 4 is 0 Å². The average molecular weight is 178 g/mol. The van der Waals surface area contributed by atoms with E-state index >= 15 is 0 Å². The van der Waals surface area contributed by atoms with Crippen LogP contribution in [-0.4, -0.2) is 4.98 Å². The third kappa shape index (κ3) is 3.55. The van der Waals surface area contributed by atoms with Gasteiger partial charge in [0.2, 0.25) is 0 Å². The first-order valence-corrected chi connectivity index (χ1v) is 4.64. The van der Waals surface area contributed by atoms with Crippen LogP contribution in [0.2, 0.25) is 0 Å². The maximum Gasteiger partial charge on any atom is 0.0315 e. The fourth-order valence-corrected chi connectivity index (χ4v) is 1.37. The van der Waals surface area contributed by atoms with E-state index in [1.807, 2.05) is 18.3 Å². The van der Waals surface area contributed by atoms with Gasteiger partial charge in [0.1, 0.15) is 0 Å². The van der Waals surface area contributed by atoms with Gasteiger partial charge in [-0.05, 0) is 23.5 Å². The Balaban J connectivity index is 2.64. The molecule has 0 spiro atoms. The van der Waals surface area contributed by atoms with E-state index in [1.165, 1.54) is 0 Å². The van der Waals surface area contributed by atoms with Crippen LogP contribution in [0.4, 0.5) is 0 Å². The molecular weight excluding hydrogens is 160 g/mol. The second kappa shape index (κ2) is 3.88. The standard InChI is InChI=1S/C11H18N2/c1-11(2,3)7-10(12)9-5-4-6-13-8-9/h4-6,8,10H,7,12H2,1-3H3/t10-/m1/s1. The van der Waals surface area contributed by atoms with Crippen molar-refractivity contribution in [3.05, 3.63) is 30.1 Å². The van der Waals surface area contributed by atoms with Gasteiger partial charge in [0.25, 0.3) is 0 Å². The summed E-state index contributed by atoms with van der Waals surface area (Å²) in [6.45, 7) is 6.59. The first kappa shape index (κ1) is 10.2. The van der Waals surface area contributed by atoms with Gasteiger partial charge in [0, 0.05) is 18.4 Å². The van der Waals surface area contributed by atoms with Crippen molar-refractivity contribution in [2.75, 3.05) is 0 Å². The fourth-order valence-electron chi connectivity index (χ4n) is 1.37. The lowest BCUT2D eigenvalue weighted by Crippen LogP contribution is -2.18.